The molecule has 0 aliphatic rings. The number of sulfonamides is 1. The second-order valence-corrected chi connectivity index (χ2v) is 6.92. The molecule has 0 aliphatic carbocycles. The molecule has 0 aliphatic heterocycles. The van der Waals surface area contributed by atoms with Gasteiger partial charge in [-0.05, 0) is 31.2 Å². The molecule has 21 heavy (non-hydrogen) atoms. The molecule has 0 saturated heterocycles. The van der Waals surface area contributed by atoms with Gasteiger partial charge in [0.2, 0.25) is 10.0 Å². The molecule has 1 aromatic carbocycles. The van der Waals surface area contributed by atoms with Crippen LogP contribution >= 0.6 is 11.3 Å². The summed E-state index contributed by atoms with van der Waals surface area (Å²) in [4.78, 5) is 5.21. The largest absolute Gasteiger partial charge is 0.320 e. The van der Waals surface area contributed by atoms with Gasteiger partial charge >= 0.3 is 0 Å². The van der Waals surface area contributed by atoms with E-state index in [0.717, 1.165) is 16.1 Å². The summed E-state index contributed by atoms with van der Waals surface area (Å²) in [5.41, 5.74) is 8.56. The van der Waals surface area contributed by atoms with Crippen LogP contribution in [-0.2, 0) is 16.6 Å². The molecule has 2 aromatic rings. The minimum absolute atomic E-state index is 0.211. The first-order valence-corrected chi connectivity index (χ1v) is 8.57. The van der Waals surface area contributed by atoms with E-state index in [1.807, 2.05) is 6.92 Å². The first-order valence-electron chi connectivity index (χ1n) is 6.20. The third-order valence-corrected chi connectivity index (χ3v) is 5.12. The van der Waals surface area contributed by atoms with Crippen molar-refractivity contribution in [2.45, 2.75) is 18.4 Å². The van der Waals surface area contributed by atoms with Crippen LogP contribution in [0.3, 0.4) is 0 Å². The van der Waals surface area contributed by atoms with Gasteiger partial charge in [-0.25, -0.2) is 18.1 Å². The Labute approximate surface area is 128 Å². The van der Waals surface area contributed by atoms with Crippen molar-refractivity contribution in [2.24, 2.45) is 5.73 Å². The minimum atomic E-state index is -3.53. The van der Waals surface area contributed by atoms with Crippen molar-refractivity contribution in [3.05, 3.63) is 45.9 Å². The van der Waals surface area contributed by atoms with E-state index in [-0.39, 0.29) is 18.0 Å². The highest BCUT2D eigenvalue weighted by atomic mass is 32.2. The molecule has 1 aromatic heterocycles. The number of nitrogens with one attached hydrogen (secondary N) is 1. The summed E-state index contributed by atoms with van der Waals surface area (Å²) in [6.07, 6.45) is 0. The Balaban J connectivity index is 2.10. The number of thiazole rings is 1. The number of rotatable bonds is 4. The molecule has 2 rings (SSSR count). The molecular weight excluding hydrogens is 306 g/mol. The van der Waals surface area contributed by atoms with E-state index in [9.17, 15) is 8.42 Å². The summed E-state index contributed by atoms with van der Waals surface area (Å²) in [6, 6.07) is 6.38. The van der Waals surface area contributed by atoms with Crippen LogP contribution in [0.4, 0.5) is 0 Å². The summed E-state index contributed by atoms with van der Waals surface area (Å²) in [7, 11) is -3.53. The Morgan fingerprint density at radius 2 is 2.05 bits per heavy atom. The molecule has 0 saturated carbocycles. The van der Waals surface area contributed by atoms with E-state index >= 15 is 0 Å². The van der Waals surface area contributed by atoms with Crippen molar-refractivity contribution in [2.75, 3.05) is 6.54 Å². The Morgan fingerprint density at radius 3 is 2.62 bits per heavy atom. The van der Waals surface area contributed by atoms with Crippen LogP contribution in [0.15, 0.2) is 34.7 Å². The number of aryl methyl sites for hydroxylation is 1. The second-order valence-electron chi connectivity index (χ2n) is 4.22. The number of nitrogens with two attached hydrogens (primary N) is 1. The fourth-order valence-corrected chi connectivity index (χ4v) is 3.41. The fourth-order valence-electron chi connectivity index (χ4n) is 1.61. The van der Waals surface area contributed by atoms with Crippen LogP contribution in [0.2, 0.25) is 0 Å². The van der Waals surface area contributed by atoms with Gasteiger partial charge in [-0.2, -0.15) is 0 Å². The topological polar surface area (TPSA) is 85.1 Å². The molecule has 0 atom stereocenters. The molecule has 0 bridgehead atoms. The lowest BCUT2D eigenvalue weighted by Crippen LogP contribution is -2.23. The Kier molecular flexibility index (Phi) is 5.09. The zero-order valence-corrected chi connectivity index (χ0v) is 13.1. The van der Waals surface area contributed by atoms with Crippen molar-refractivity contribution < 1.29 is 8.42 Å². The van der Waals surface area contributed by atoms with Gasteiger partial charge < -0.3 is 5.73 Å². The molecule has 110 valence electrons. The van der Waals surface area contributed by atoms with Crippen LogP contribution in [0, 0.1) is 18.8 Å². The van der Waals surface area contributed by atoms with Crippen molar-refractivity contribution in [1.29, 1.82) is 0 Å². The second kappa shape index (κ2) is 6.83. The first kappa shape index (κ1) is 15.7. The van der Waals surface area contributed by atoms with Crippen molar-refractivity contribution in [3.63, 3.8) is 0 Å². The minimum Gasteiger partial charge on any atom is -0.320 e. The average Bonchev–Trinajstić information content (AvgIpc) is 2.89. The lowest BCUT2D eigenvalue weighted by Gasteiger charge is -2.06. The summed E-state index contributed by atoms with van der Waals surface area (Å²) >= 11 is 1.43. The lowest BCUT2D eigenvalue weighted by atomic mass is 10.2. The van der Waals surface area contributed by atoms with Gasteiger partial charge in [0, 0.05) is 17.0 Å². The van der Waals surface area contributed by atoms with Crippen molar-refractivity contribution in [3.8, 4) is 11.8 Å². The normalized spacial score (nSPS) is 11.0. The van der Waals surface area contributed by atoms with Gasteiger partial charge in [0.15, 0.2) is 0 Å². The lowest BCUT2D eigenvalue weighted by molar-refractivity contribution is 0.581. The smallest absolute Gasteiger partial charge is 0.240 e. The maximum Gasteiger partial charge on any atom is 0.240 e. The maximum atomic E-state index is 12.2. The summed E-state index contributed by atoms with van der Waals surface area (Å²) in [5.74, 6) is 5.57. The fraction of sp³-hybridized carbons (Fsp3) is 0.214. The van der Waals surface area contributed by atoms with Crippen LogP contribution in [0.5, 0.6) is 0 Å². The van der Waals surface area contributed by atoms with E-state index in [2.05, 4.69) is 21.5 Å². The molecule has 7 heteroatoms. The summed E-state index contributed by atoms with van der Waals surface area (Å²) in [6.45, 7) is 2.37. The van der Waals surface area contributed by atoms with E-state index in [0.29, 0.717) is 0 Å². The standard InChI is InChI=1S/C14H15N3O2S2/c1-11-14(20-10-16-11)9-17-21(18,19)13-6-4-12(5-7-13)3-2-8-15/h4-7,10,17H,8-9,15H2,1H3. The van der Waals surface area contributed by atoms with Crippen LogP contribution in [0.1, 0.15) is 16.1 Å². The number of hydrogen-bond acceptors (Lipinski definition) is 5. The molecule has 1 heterocycles. The average molecular weight is 321 g/mol. The van der Waals surface area contributed by atoms with Gasteiger partial charge in [0.25, 0.3) is 0 Å². The molecule has 0 amide bonds. The van der Waals surface area contributed by atoms with E-state index in [1.165, 1.54) is 23.5 Å². The molecule has 0 fully saturated rings. The molecule has 3 N–H and O–H groups in total. The predicted molar refractivity (Wildman–Crippen MR) is 83.3 cm³/mol. The predicted octanol–water partition coefficient (Wildman–Crippen LogP) is 1.24. The Morgan fingerprint density at radius 1 is 1.33 bits per heavy atom. The third kappa shape index (κ3) is 4.12. The third-order valence-electron chi connectivity index (χ3n) is 2.77. The molecule has 5 nitrogen and oxygen atoms in total. The summed E-state index contributed by atoms with van der Waals surface area (Å²) in [5, 5.41) is 0. The van der Waals surface area contributed by atoms with Crippen molar-refractivity contribution in [1.82, 2.24) is 9.71 Å². The quantitative estimate of drug-likeness (QED) is 0.830. The van der Waals surface area contributed by atoms with Crippen LogP contribution in [0.25, 0.3) is 0 Å². The van der Waals surface area contributed by atoms with E-state index in [1.54, 1.807) is 17.6 Å². The highest BCUT2D eigenvalue weighted by Gasteiger charge is 2.14. The monoisotopic (exact) mass is 321 g/mol. The Bertz CT molecular complexity index is 769. The summed E-state index contributed by atoms with van der Waals surface area (Å²) < 4.78 is 26.9. The van der Waals surface area contributed by atoms with Gasteiger partial charge in [-0.15, -0.1) is 11.3 Å². The van der Waals surface area contributed by atoms with E-state index in [4.69, 9.17) is 5.73 Å². The number of aromatic nitrogens is 1. The van der Waals surface area contributed by atoms with Crippen molar-refractivity contribution >= 4 is 21.4 Å². The zero-order chi connectivity index (χ0) is 15.3. The number of hydrogen-bond donors (Lipinski definition) is 2. The molecule has 0 unspecified atom stereocenters. The van der Waals surface area contributed by atoms with Gasteiger partial charge in [0.05, 0.1) is 22.6 Å². The number of benzene rings is 1. The van der Waals surface area contributed by atoms with Crippen LogP contribution in [-0.4, -0.2) is 19.9 Å². The van der Waals surface area contributed by atoms with E-state index < -0.39 is 10.0 Å². The molecule has 0 radical (unpaired) electrons. The van der Waals surface area contributed by atoms with Gasteiger partial charge in [0.1, 0.15) is 0 Å². The van der Waals surface area contributed by atoms with Gasteiger partial charge in [-0.1, -0.05) is 11.8 Å². The van der Waals surface area contributed by atoms with Crippen LogP contribution < -0.4 is 10.5 Å². The molecule has 0 spiro atoms. The molecular formula is C14H15N3O2S2. The number of nitrogens with zero attached hydrogens (tertiary/aromatic N) is 1. The van der Waals surface area contributed by atoms with Gasteiger partial charge in [-0.3, -0.25) is 0 Å². The maximum absolute atomic E-state index is 12.2. The zero-order valence-electron chi connectivity index (χ0n) is 11.5. The highest BCUT2D eigenvalue weighted by Crippen LogP contribution is 2.14. The first-order chi connectivity index (χ1) is 10.0. The SMILES string of the molecule is Cc1ncsc1CNS(=O)(=O)c1ccc(C#CCN)cc1. The highest BCUT2D eigenvalue weighted by molar-refractivity contribution is 7.89. The Hall–Kier alpha value is -1.72.